The van der Waals surface area contributed by atoms with Crippen LogP contribution in [-0.4, -0.2) is 22.6 Å². The predicted molar refractivity (Wildman–Crippen MR) is 117 cm³/mol. The van der Waals surface area contributed by atoms with E-state index in [1.807, 2.05) is 30.3 Å². The van der Waals surface area contributed by atoms with E-state index in [9.17, 15) is 9.59 Å². The summed E-state index contributed by atoms with van der Waals surface area (Å²) >= 11 is 5.39. The Labute approximate surface area is 177 Å². The highest BCUT2D eigenvalue weighted by molar-refractivity contribution is 7.71. The van der Waals surface area contributed by atoms with E-state index in [0.29, 0.717) is 34.5 Å². The second-order valence-corrected chi connectivity index (χ2v) is 6.98. The first-order chi connectivity index (χ1) is 14.6. The van der Waals surface area contributed by atoms with Crippen molar-refractivity contribution in [2.24, 2.45) is 0 Å². The van der Waals surface area contributed by atoms with E-state index in [2.05, 4.69) is 4.98 Å². The molecule has 0 aliphatic rings. The SMILES string of the molecule is COC(=O)c1ccc2c(=O)n(-c3ccc(OCc4ccccc4)cc3)c(=S)[nH]c2c1. The Morgan fingerprint density at radius 3 is 2.47 bits per heavy atom. The summed E-state index contributed by atoms with van der Waals surface area (Å²) in [5.41, 5.74) is 2.23. The van der Waals surface area contributed by atoms with Crippen molar-refractivity contribution >= 4 is 29.1 Å². The summed E-state index contributed by atoms with van der Waals surface area (Å²) in [6, 6.07) is 21.7. The zero-order chi connectivity index (χ0) is 21.1. The van der Waals surface area contributed by atoms with Crippen LogP contribution in [0, 0.1) is 4.77 Å². The number of nitrogens with zero attached hydrogens (tertiary/aromatic N) is 1. The Bertz CT molecular complexity index is 1330. The summed E-state index contributed by atoms with van der Waals surface area (Å²) in [7, 11) is 1.31. The van der Waals surface area contributed by atoms with Crippen LogP contribution in [0.3, 0.4) is 0 Å². The summed E-state index contributed by atoms with van der Waals surface area (Å²) in [6.07, 6.45) is 0. The normalized spacial score (nSPS) is 10.7. The molecule has 3 aromatic carbocycles. The monoisotopic (exact) mass is 418 g/mol. The molecule has 0 fully saturated rings. The minimum Gasteiger partial charge on any atom is -0.489 e. The molecule has 7 heteroatoms. The zero-order valence-electron chi connectivity index (χ0n) is 16.1. The van der Waals surface area contributed by atoms with Crippen LogP contribution < -0.4 is 10.3 Å². The smallest absolute Gasteiger partial charge is 0.337 e. The van der Waals surface area contributed by atoms with Crippen LogP contribution in [-0.2, 0) is 11.3 Å². The number of hydrogen-bond acceptors (Lipinski definition) is 5. The summed E-state index contributed by atoms with van der Waals surface area (Å²) in [5, 5.41) is 0.417. The molecule has 30 heavy (non-hydrogen) atoms. The van der Waals surface area contributed by atoms with Gasteiger partial charge in [-0.05, 0) is 60.2 Å². The molecule has 0 saturated carbocycles. The van der Waals surface area contributed by atoms with Crippen molar-refractivity contribution in [3.63, 3.8) is 0 Å². The first-order valence-corrected chi connectivity index (χ1v) is 9.62. The van der Waals surface area contributed by atoms with Gasteiger partial charge in [0.1, 0.15) is 12.4 Å². The fourth-order valence-corrected chi connectivity index (χ4v) is 3.43. The maximum absolute atomic E-state index is 13.0. The molecule has 0 unspecified atom stereocenters. The lowest BCUT2D eigenvalue weighted by molar-refractivity contribution is 0.0601. The molecule has 150 valence electrons. The van der Waals surface area contributed by atoms with Gasteiger partial charge in [0.2, 0.25) is 0 Å². The Morgan fingerprint density at radius 2 is 1.77 bits per heavy atom. The number of benzene rings is 3. The number of aromatic amines is 1. The topological polar surface area (TPSA) is 73.3 Å². The molecule has 0 amide bonds. The third-order valence-corrected chi connectivity index (χ3v) is 4.95. The van der Waals surface area contributed by atoms with Crippen LogP contribution in [0.4, 0.5) is 0 Å². The third-order valence-electron chi connectivity index (χ3n) is 4.66. The number of ether oxygens (including phenoxy) is 2. The van der Waals surface area contributed by atoms with Crippen LogP contribution in [0.15, 0.2) is 77.6 Å². The van der Waals surface area contributed by atoms with Crippen molar-refractivity contribution in [2.45, 2.75) is 6.61 Å². The molecule has 1 heterocycles. The van der Waals surface area contributed by atoms with Crippen molar-refractivity contribution in [2.75, 3.05) is 7.11 Å². The van der Waals surface area contributed by atoms with E-state index in [1.165, 1.54) is 11.7 Å². The maximum atomic E-state index is 13.0. The number of esters is 1. The molecule has 0 aliphatic carbocycles. The number of hydrogen-bond donors (Lipinski definition) is 1. The van der Waals surface area contributed by atoms with Gasteiger partial charge in [-0.25, -0.2) is 4.79 Å². The van der Waals surface area contributed by atoms with E-state index < -0.39 is 5.97 Å². The van der Waals surface area contributed by atoms with Crippen molar-refractivity contribution in [1.82, 2.24) is 9.55 Å². The number of methoxy groups -OCH3 is 1. The molecule has 1 N–H and O–H groups in total. The second-order valence-electron chi connectivity index (χ2n) is 6.59. The van der Waals surface area contributed by atoms with Crippen LogP contribution >= 0.6 is 12.2 Å². The molecule has 0 atom stereocenters. The molecule has 0 saturated heterocycles. The van der Waals surface area contributed by atoms with Crippen LogP contribution in [0.5, 0.6) is 5.75 Å². The quantitative estimate of drug-likeness (QED) is 0.384. The number of aromatic nitrogens is 2. The number of nitrogens with one attached hydrogen (secondary N) is 1. The molecule has 4 aromatic rings. The molecular formula is C23H18N2O4S. The molecule has 0 spiro atoms. The van der Waals surface area contributed by atoms with Crippen molar-refractivity contribution in [3.8, 4) is 11.4 Å². The van der Waals surface area contributed by atoms with Gasteiger partial charge in [0.15, 0.2) is 4.77 Å². The van der Waals surface area contributed by atoms with Gasteiger partial charge in [0.25, 0.3) is 5.56 Å². The Morgan fingerprint density at radius 1 is 1.03 bits per heavy atom. The molecule has 0 aliphatic heterocycles. The fourth-order valence-electron chi connectivity index (χ4n) is 3.13. The molecule has 0 bridgehead atoms. The molecule has 4 rings (SSSR count). The van der Waals surface area contributed by atoms with E-state index >= 15 is 0 Å². The zero-order valence-corrected chi connectivity index (χ0v) is 16.9. The van der Waals surface area contributed by atoms with Gasteiger partial charge in [0, 0.05) is 0 Å². The van der Waals surface area contributed by atoms with E-state index in [0.717, 1.165) is 5.56 Å². The maximum Gasteiger partial charge on any atom is 0.337 e. The summed E-state index contributed by atoms with van der Waals surface area (Å²) in [5.74, 6) is 0.209. The van der Waals surface area contributed by atoms with Crippen LogP contribution in [0.2, 0.25) is 0 Å². The lowest BCUT2D eigenvalue weighted by atomic mass is 10.1. The average Bonchev–Trinajstić information content (AvgIpc) is 2.78. The Kier molecular flexibility index (Phi) is 5.45. The summed E-state index contributed by atoms with van der Waals surface area (Å²) in [6.45, 7) is 0.457. The van der Waals surface area contributed by atoms with E-state index in [4.69, 9.17) is 21.7 Å². The highest BCUT2D eigenvalue weighted by atomic mass is 32.1. The molecule has 0 radical (unpaired) electrons. The third kappa shape index (κ3) is 3.88. The van der Waals surface area contributed by atoms with Gasteiger partial charge in [0.05, 0.1) is 29.3 Å². The first kappa shape index (κ1) is 19.6. The molecule has 6 nitrogen and oxygen atoms in total. The Balaban J connectivity index is 1.65. The van der Waals surface area contributed by atoms with Crippen molar-refractivity contribution < 1.29 is 14.3 Å². The summed E-state index contributed by atoms with van der Waals surface area (Å²) < 4.78 is 12.2. The number of fused-ring (bicyclic) bond motifs is 1. The van der Waals surface area contributed by atoms with Crippen molar-refractivity contribution in [3.05, 3.63) is 99.0 Å². The van der Waals surface area contributed by atoms with Gasteiger partial charge in [-0.1, -0.05) is 30.3 Å². The van der Waals surface area contributed by atoms with Gasteiger partial charge in [-0.3, -0.25) is 9.36 Å². The highest BCUT2D eigenvalue weighted by Gasteiger charge is 2.11. The van der Waals surface area contributed by atoms with Crippen molar-refractivity contribution in [1.29, 1.82) is 0 Å². The van der Waals surface area contributed by atoms with Crippen LogP contribution in [0.25, 0.3) is 16.6 Å². The summed E-state index contributed by atoms with van der Waals surface area (Å²) in [4.78, 5) is 27.8. The largest absolute Gasteiger partial charge is 0.489 e. The minimum atomic E-state index is -0.480. The number of H-pyrrole nitrogens is 1. The van der Waals surface area contributed by atoms with E-state index in [1.54, 1.807) is 42.5 Å². The van der Waals surface area contributed by atoms with Gasteiger partial charge in [-0.2, -0.15) is 0 Å². The van der Waals surface area contributed by atoms with Gasteiger partial charge >= 0.3 is 5.97 Å². The first-order valence-electron chi connectivity index (χ1n) is 9.21. The average molecular weight is 418 g/mol. The Hall–Kier alpha value is -3.71. The fraction of sp³-hybridized carbons (Fsp3) is 0.0870. The lowest BCUT2D eigenvalue weighted by Gasteiger charge is -2.11. The highest BCUT2D eigenvalue weighted by Crippen LogP contribution is 2.18. The van der Waals surface area contributed by atoms with E-state index in [-0.39, 0.29) is 10.3 Å². The number of carbonyl (C=O) groups excluding carboxylic acids is 1. The number of carbonyl (C=O) groups is 1. The minimum absolute atomic E-state index is 0.229. The lowest BCUT2D eigenvalue weighted by Crippen LogP contribution is -2.20. The number of rotatable bonds is 5. The van der Waals surface area contributed by atoms with Gasteiger partial charge in [-0.15, -0.1) is 0 Å². The van der Waals surface area contributed by atoms with Crippen LogP contribution in [0.1, 0.15) is 15.9 Å². The molecule has 1 aromatic heterocycles. The standard InChI is InChI=1S/C23H18N2O4S/c1-28-22(27)16-7-12-19-20(13-16)24-23(30)25(21(19)26)17-8-10-18(11-9-17)29-14-15-5-3-2-4-6-15/h2-13H,14H2,1H3,(H,24,30). The predicted octanol–water partition coefficient (Wildman–Crippen LogP) is 4.41. The molecular weight excluding hydrogens is 400 g/mol. The second kappa shape index (κ2) is 8.34. The van der Waals surface area contributed by atoms with Gasteiger partial charge < -0.3 is 14.5 Å².